The summed E-state index contributed by atoms with van der Waals surface area (Å²) in [6.45, 7) is 2.79. The molecule has 0 bridgehead atoms. The highest BCUT2D eigenvalue weighted by atomic mass is 15.7. The summed E-state index contributed by atoms with van der Waals surface area (Å²) >= 11 is 0. The molecule has 0 amide bonds. The van der Waals surface area contributed by atoms with Gasteiger partial charge in [0.1, 0.15) is 13.1 Å². The molecule has 2 rings (SSSR count). The van der Waals surface area contributed by atoms with E-state index in [4.69, 9.17) is 5.26 Å². The number of hydrogen-bond donors (Lipinski definition) is 1. The van der Waals surface area contributed by atoms with E-state index in [1.165, 1.54) is 32.1 Å². The Morgan fingerprint density at radius 1 is 1.06 bits per heavy atom. The van der Waals surface area contributed by atoms with Gasteiger partial charge in [0, 0.05) is 0 Å². The van der Waals surface area contributed by atoms with Crippen LogP contribution in [0.15, 0.2) is 0 Å². The lowest BCUT2D eigenvalue weighted by molar-refractivity contribution is -0.917. The second-order valence-corrected chi connectivity index (χ2v) is 5.07. The fourth-order valence-electron chi connectivity index (χ4n) is 2.75. The van der Waals surface area contributed by atoms with Crippen LogP contribution >= 0.6 is 0 Å². The standard InChI is InChI=1S/C12H20N5/c13-10-16-6-8-17(11-14,9-7-16)15-12-4-2-1-3-5-12/h12,15H,1-9H2/q+1. The number of nitrogens with zero attached hydrogens (tertiary/aromatic N) is 4. The topological polar surface area (TPSA) is 62.9 Å². The summed E-state index contributed by atoms with van der Waals surface area (Å²) in [4.78, 5) is 1.73. The van der Waals surface area contributed by atoms with E-state index < -0.39 is 0 Å². The van der Waals surface area contributed by atoms with Gasteiger partial charge in [-0.2, -0.15) is 5.26 Å². The molecule has 1 aliphatic heterocycles. The minimum Gasteiger partial charge on any atom is -0.299 e. The Hall–Kier alpha value is -1.30. The van der Waals surface area contributed by atoms with Crippen LogP contribution in [-0.2, 0) is 0 Å². The highest BCUT2D eigenvalue weighted by Gasteiger charge is 2.36. The lowest BCUT2D eigenvalue weighted by Gasteiger charge is -2.38. The van der Waals surface area contributed by atoms with Crippen molar-refractivity contribution in [3.05, 3.63) is 0 Å². The van der Waals surface area contributed by atoms with Crippen LogP contribution < -0.4 is 5.43 Å². The molecule has 5 nitrogen and oxygen atoms in total. The molecule has 0 radical (unpaired) electrons. The Kier molecular flexibility index (Phi) is 3.83. The van der Waals surface area contributed by atoms with E-state index in [0.29, 0.717) is 36.8 Å². The summed E-state index contributed by atoms with van der Waals surface area (Å²) in [6.07, 6.45) is 10.8. The SMILES string of the molecule is N#CN1CC[N+](C#N)(NC2CCCCC2)CC1. The van der Waals surface area contributed by atoms with Crippen molar-refractivity contribution in [1.82, 2.24) is 10.3 Å². The van der Waals surface area contributed by atoms with Crippen LogP contribution in [0.25, 0.3) is 0 Å². The maximum absolute atomic E-state index is 9.39. The Morgan fingerprint density at radius 2 is 1.71 bits per heavy atom. The predicted molar refractivity (Wildman–Crippen MR) is 62.8 cm³/mol. The van der Waals surface area contributed by atoms with Gasteiger partial charge in [0.15, 0.2) is 6.19 Å². The third-order valence-electron chi connectivity index (χ3n) is 3.87. The van der Waals surface area contributed by atoms with Crippen LogP contribution in [0.5, 0.6) is 0 Å². The molecule has 5 heteroatoms. The molecule has 1 N–H and O–H groups in total. The molecule has 0 atom stereocenters. The molecule has 1 saturated carbocycles. The molecule has 1 heterocycles. The van der Waals surface area contributed by atoms with Crippen molar-refractivity contribution in [2.75, 3.05) is 26.2 Å². The summed E-state index contributed by atoms with van der Waals surface area (Å²) in [5, 5.41) is 18.2. The van der Waals surface area contributed by atoms with Crippen molar-refractivity contribution in [3.8, 4) is 12.4 Å². The van der Waals surface area contributed by atoms with Gasteiger partial charge in [-0.25, -0.2) is 0 Å². The van der Waals surface area contributed by atoms with Gasteiger partial charge in [0.25, 0.3) is 0 Å². The van der Waals surface area contributed by atoms with Crippen molar-refractivity contribution in [3.63, 3.8) is 0 Å². The summed E-state index contributed by atoms with van der Waals surface area (Å²) in [5.41, 5.74) is 3.51. The number of nitriles is 2. The first kappa shape index (κ1) is 12.2. The average molecular weight is 234 g/mol. The van der Waals surface area contributed by atoms with Crippen molar-refractivity contribution in [2.45, 2.75) is 38.1 Å². The maximum atomic E-state index is 9.39. The fourth-order valence-corrected chi connectivity index (χ4v) is 2.75. The number of rotatable bonds is 2. The molecule has 0 aromatic carbocycles. The first-order chi connectivity index (χ1) is 8.28. The fraction of sp³-hybridized carbons (Fsp3) is 0.833. The molecule has 1 aliphatic carbocycles. The van der Waals surface area contributed by atoms with E-state index in [1.54, 1.807) is 4.90 Å². The molecule has 0 aromatic heterocycles. The maximum Gasteiger partial charge on any atom is 0.330 e. The van der Waals surface area contributed by atoms with E-state index in [-0.39, 0.29) is 0 Å². The zero-order valence-corrected chi connectivity index (χ0v) is 10.2. The minimum absolute atomic E-state index is 0.322. The predicted octanol–water partition coefficient (Wildman–Crippen LogP) is 0.918. The van der Waals surface area contributed by atoms with Crippen molar-refractivity contribution >= 4 is 0 Å². The van der Waals surface area contributed by atoms with E-state index in [0.717, 1.165) is 0 Å². The third kappa shape index (κ3) is 2.88. The monoisotopic (exact) mass is 234 g/mol. The summed E-state index contributed by atoms with van der Waals surface area (Å²) in [6, 6.07) is 0.483. The number of piperazine rings is 1. The lowest BCUT2D eigenvalue weighted by Crippen LogP contribution is -2.65. The molecule has 1 saturated heterocycles. The molecular formula is C12H20N5+. The summed E-state index contributed by atoms with van der Waals surface area (Å²) < 4.78 is 0.322. The molecule has 92 valence electrons. The molecule has 0 spiro atoms. The Balaban J connectivity index is 1.92. The van der Waals surface area contributed by atoms with Gasteiger partial charge in [0.2, 0.25) is 0 Å². The average Bonchev–Trinajstić information content (AvgIpc) is 2.41. The van der Waals surface area contributed by atoms with Crippen LogP contribution in [0.2, 0.25) is 0 Å². The Bertz CT molecular complexity index is 326. The van der Waals surface area contributed by atoms with Crippen molar-refractivity contribution < 1.29 is 4.59 Å². The van der Waals surface area contributed by atoms with E-state index >= 15 is 0 Å². The van der Waals surface area contributed by atoms with Gasteiger partial charge in [-0.1, -0.05) is 19.3 Å². The number of hydrogen-bond acceptors (Lipinski definition) is 4. The molecule has 2 fully saturated rings. The molecule has 0 aromatic rings. The Labute approximate surface area is 103 Å². The second-order valence-electron chi connectivity index (χ2n) is 5.07. The zero-order chi connectivity index (χ0) is 12.1. The number of nitrogens with one attached hydrogen (secondary N) is 1. The summed E-state index contributed by atoms with van der Waals surface area (Å²) in [5.74, 6) is 0. The number of quaternary nitrogens is 1. The molecule has 2 aliphatic rings. The van der Waals surface area contributed by atoms with Gasteiger partial charge >= 0.3 is 6.19 Å². The minimum atomic E-state index is 0.322. The van der Waals surface area contributed by atoms with Gasteiger partial charge < -0.3 is 0 Å². The normalized spacial score (nSPS) is 24.9. The van der Waals surface area contributed by atoms with Crippen molar-refractivity contribution in [1.29, 1.82) is 10.5 Å². The van der Waals surface area contributed by atoms with Gasteiger partial charge in [-0.15, -0.1) is 15.3 Å². The third-order valence-corrected chi connectivity index (χ3v) is 3.87. The molecule has 0 unspecified atom stereocenters. The quantitative estimate of drug-likeness (QED) is 0.570. The van der Waals surface area contributed by atoms with Gasteiger partial charge in [0.05, 0.1) is 19.1 Å². The smallest absolute Gasteiger partial charge is 0.299 e. The highest BCUT2D eigenvalue weighted by molar-refractivity contribution is 4.79. The van der Waals surface area contributed by atoms with Crippen LogP contribution in [-0.4, -0.2) is 41.7 Å². The van der Waals surface area contributed by atoms with Gasteiger partial charge in [-0.05, 0) is 12.8 Å². The van der Waals surface area contributed by atoms with E-state index in [1.807, 2.05) is 0 Å². The molecular weight excluding hydrogens is 214 g/mol. The van der Waals surface area contributed by atoms with Crippen LogP contribution in [0.4, 0.5) is 0 Å². The van der Waals surface area contributed by atoms with E-state index in [2.05, 4.69) is 17.8 Å². The second kappa shape index (κ2) is 5.35. The zero-order valence-electron chi connectivity index (χ0n) is 10.2. The first-order valence-electron chi connectivity index (χ1n) is 6.49. The lowest BCUT2D eigenvalue weighted by atomic mass is 9.96. The highest BCUT2D eigenvalue weighted by Crippen LogP contribution is 2.20. The summed E-state index contributed by atoms with van der Waals surface area (Å²) in [7, 11) is 0. The van der Waals surface area contributed by atoms with Crippen LogP contribution in [0.1, 0.15) is 32.1 Å². The molecule has 17 heavy (non-hydrogen) atoms. The van der Waals surface area contributed by atoms with Crippen molar-refractivity contribution in [2.24, 2.45) is 0 Å². The largest absolute Gasteiger partial charge is 0.330 e. The van der Waals surface area contributed by atoms with Gasteiger partial charge in [-0.3, -0.25) is 4.90 Å². The van der Waals surface area contributed by atoms with E-state index in [9.17, 15) is 5.26 Å². The van der Waals surface area contributed by atoms with Crippen LogP contribution in [0.3, 0.4) is 0 Å². The van der Waals surface area contributed by atoms with Crippen LogP contribution in [0, 0.1) is 22.9 Å². The Morgan fingerprint density at radius 3 is 2.24 bits per heavy atom. The first-order valence-corrected chi connectivity index (χ1v) is 6.49.